The lowest BCUT2D eigenvalue weighted by molar-refractivity contribution is -0.137. The molecule has 0 aliphatic heterocycles. The Hall–Kier alpha value is -1.51. The molecule has 0 unspecified atom stereocenters. The number of aryl methyl sites for hydroxylation is 1. The normalized spacial score (nSPS) is 17.4. The second kappa shape index (κ2) is 3.26. The van der Waals surface area contributed by atoms with Crippen LogP contribution in [0.1, 0.15) is 30.4 Å². The van der Waals surface area contributed by atoms with Crippen LogP contribution in [0.4, 0.5) is 0 Å². The molecule has 0 atom stereocenters. The van der Waals surface area contributed by atoms with E-state index in [4.69, 9.17) is 5.11 Å². The Labute approximate surface area is 88.4 Å². The van der Waals surface area contributed by atoms with Crippen LogP contribution in [0.5, 0.6) is 5.75 Å². The van der Waals surface area contributed by atoms with E-state index < -0.39 is 5.97 Å². The van der Waals surface area contributed by atoms with Crippen LogP contribution in [0, 0.1) is 6.92 Å². The molecule has 2 N–H and O–H groups in total. The molecule has 15 heavy (non-hydrogen) atoms. The predicted molar refractivity (Wildman–Crippen MR) is 56.0 cm³/mol. The molecule has 1 aliphatic carbocycles. The highest BCUT2D eigenvalue weighted by Gasteiger charge is 2.46. The third-order valence-corrected chi connectivity index (χ3v) is 3.02. The summed E-state index contributed by atoms with van der Waals surface area (Å²) in [6.45, 7) is 1.90. The number of phenolic OH excluding ortho intramolecular Hbond substituents is 1. The summed E-state index contributed by atoms with van der Waals surface area (Å²) in [5.74, 6) is -0.546. The maximum atomic E-state index is 10.7. The van der Waals surface area contributed by atoms with Crippen molar-refractivity contribution < 1.29 is 15.0 Å². The molecule has 80 valence electrons. The smallest absolute Gasteiger partial charge is 0.304 e. The quantitative estimate of drug-likeness (QED) is 0.797. The maximum Gasteiger partial charge on any atom is 0.304 e. The van der Waals surface area contributed by atoms with Gasteiger partial charge in [0.25, 0.3) is 0 Å². The Bertz CT molecular complexity index is 385. The number of phenols is 1. The fourth-order valence-corrected chi connectivity index (χ4v) is 2.08. The number of carbonyl (C=O) groups is 1. The third kappa shape index (κ3) is 1.96. The van der Waals surface area contributed by atoms with Gasteiger partial charge in [-0.25, -0.2) is 0 Å². The van der Waals surface area contributed by atoms with Crippen molar-refractivity contribution in [3.05, 3.63) is 29.3 Å². The molecule has 0 aromatic heterocycles. The molecule has 1 aromatic carbocycles. The van der Waals surface area contributed by atoms with Crippen molar-refractivity contribution in [1.82, 2.24) is 0 Å². The number of aromatic hydroxyl groups is 1. The summed E-state index contributed by atoms with van der Waals surface area (Å²) < 4.78 is 0. The highest BCUT2D eigenvalue weighted by molar-refractivity contribution is 5.70. The molecular formula is C12H14O3. The molecule has 0 amide bonds. The summed E-state index contributed by atoms with van der Waals surface area (Å²) in [6.07, 6.45) is 1.97. The van der Waals surface area contributed by atoms with Gasteiger partial charge >= 0.3 is 5.97 Å². The van der Waals surface area contributed by atoms with Crippen LogP contribution in [-0.2, 0) is 10.2 Å². The lowest BCUT2D eigenvalue weighted by Gasteiger charge is -2.14. The first-order valence-corrected chi connectivity index (χ1v) is 5.05. The molecule has 1 fully saturated rings. The van der Waals surface area contributed by atoms with Crippen LogP contribution in [0.15, 0.2) is 18.2 Å². The predicted octanol–water partition coefficient (Wildman–Crippen LogP) is 2.21. The van der Waals surface area contributed by atoms with E-state index in [1.807, 2.05) is 13.0 Å². The SMILES string of the molecule is Cc1cc(O)cc(C2(CC(=O)O)CC2)c1. The van der Waals surface area contributed by atoms with Crippen LogP contribution < -0.4 is 0 Å². The lowest BCUT2D eigenvalue weighted by atomic mass is 9.91. The van der Waals surface area contributed by atoms with Crippen molar-refractivity contribution in [3.63, 3.8) is 0 Å². The standard InChI is InChI=1S/C12H14O3/c1-8-4-9(6-10(13)5-8)12(2-3-12)7-11(14)15/h4-6,13H,2-3,7H2,1H3,(H,14,15). The molecule has 0 saturated heterocycles. The van der Waals surface area contributed by atoms with E-state index in [2.05, 4.69) is 0 Å². The number of carboxylic acid groups (broad SMARTS) is 1. The summed E-state index contributed by atoms with van der Waals surface area (Å²) in [7, 11) is 0. The minimum Gasteiger partial charge on any atom is -0.508 e. The van der Waals surface area contributed by atoms with E-state index >= 15 is 0 Å². The molecular weight excluding hydrogens is 192 g/mol. The average Bonchev–Trinajstić information content (AvgIpc) is 2.82. The van der Waals surface area contributed by atoms with Crippen molar-refractivity contribution in [3.8, 4) is 5.75 Å². The van der Waals surface area contributed by atoms with Crippen molar-refractivity contribution in [2.45, 2.75) is 31.6 Å². The lowest BCUT2D eigenvalue weighted by Crippen LogP contribution is -2.12. The Kier molecular flexibility index (Phi) is 2.18. The van der Waals surface area contributed by atoms with E-state index in [1.165, 1.54) is 0 Å². The molecule has 1 aromatic rings. The van der Waals surface area contributed by atoms with Crippen LogP contribution in [0.3, 0.4) is 0 Å². The van der Waals surface area contributed by atoms with Crippen LogP contribution in [-0.4, -0.2) is 16.2 Å². The van der Waals surface area contributed by atoms with Crippen LogP contribution >= 0.6 is 0 Å². The highest BCUT2D eigenvalue weighted by atomic mass is 16.4. The molecule has 3 heteroatoms. The molecule has 2 rings (SSSR count). The van der Waals surface area contributed by atoms with Gasteiger partial charge in [0.1, 0.15) is 5.75 Å². The molecule has 0 radical (unpaired) electrons. The topological polar surface area (TPSA) is 57.5 Å². The van der Waals surface area contributed by atoms with Crippen molar-refractivity contribution in [2.75, 3.05) is 0 Å². The van der Waals surface area contributed by atoms with Crippen molar-refractivity contribution in [1.29, 1.82) is 0 Å². The van der Waals surface area contributed by atoms with E-state index in [0.29, 0.717) is 0 Å². The zero-order chi connectivity index (χ0) is 11.1. The van der Waals surface area contributed by atoms with E-state index in [-0.39, 0.29) is 17.6 Å². The molecule has 0 heterocycles. The fourth-order valence-electron chi connectivity index (χ4n) is 2.08. The minimum atomic E-state index is -0.770. The minimum absolute atomic E-state index is 0.163. The molecule has 0 spiro atoms. The first-order valence-electron chi connectivity index (χ1n) is 5.05. The molecule has 3 nitrogen and oxygen atoms in total. The summed E-state index contributed by atoms with van der Waals surface area (Å²) in [5, 5.41) is 18.3. The Morgan fingerprint density at radius 3 is 2.53 bits per heavy atom. The molecule has 1 saturated carbocycles. The summed E-state index contributed by atoms with van der Waals surface area (Å²) in [4.78, 5) is 10.7. The van der Waals surface area contributed by atoms with E-state index in [9.17, 15) is 9.90 Å². The Morgan fingerprint density at radius 2 is 2.07 bits per heavy atom. The number of carboxylic acids is 1. The van der Waals surface area contributed by atoms with Crippen LogP contribution in [0.25, 0.3) is 0 Å². The fraction of sp³-hybridized carbons (Fsp3) is 0.417. The average molecular weight is 206 g/mol. The molecule has 0 bridgehead atoms. The van der Waals surface area contributed by atoms with Crippen LogP contribution in [0.2, 0.25) is 0 Å². The first kappa shape index (κ1) is 10.0. The van der Waals surface area contributed by atoms with Gasteiger partial charge in [-0.15, -0.1) is 0 Å². The second-order valence-electron chi connectivity index (χ2n) is 4.41. The Morgan fingerprint density at radius 1 is 1.40 bits per heavy atom. The third-order valence-electron chi connectivity index (χ3n) is 3.02. The van der Waals surface area contributed by atoms with E-state index in [0.717, 1.165) is 24.0 Å². The van der Waals surface area contributed by atoms with Gasteiger partial charge in [-0.05, 0) is 43.0 Å². The number of rotatable bonds is 3. The molecule has 1 aliphatic rings. The first-order chi connectivity index (χ1) is 7.02. The largest absolute Gasteiger partial charge is 0.508 e. The maximum absolute atomic E-state index is 10.7. The summed E-state index contributed by atoms with van der Waals surface area (Å²) >= 11 is 0. The van der Waals surface area contributed by atoms with Crippen molar-refractivity contribution in [2.24, 2.45) is 0 Å². The zero-order valence-electron chi connectivity index (χ0n) is 8.66. The van der Waals surface area contributed by atoms with Gasteiger partial charge in [-0.3, -0.25) is 4.79 Å². The van der Waals surface area contributed by atoms with Crippen molar-refractivity contribution >= 4 is 5.97 Å². The van der Waals surface area contributed by atoms with Gasteiger partial charge in [-0.1, -0.05) is 6.07 Å². The number of hydrogen-bond acceptors (Lipinski definition) is 2. The second-order valence-corrected chi connectivity index (χ2v) is 4.41. The van der Waals surface area contributed by atoms with Gasteiger partial charge in [-0.2, -0.15) is 0 Å². The monoisotopic (exact) mass is 206 g/mol. The Balaban J connectivity index is 2.32. The number of hydrogen-bond donors (Lipinski definition) is 2. The van der Waals surface area contributed by atoms with Gasteiger partial charge in [0.15, 0.2) is 0 Å². The zero-order valence-corrected chi connectivity index (χ0v) is 8.66. The highest BCUT2D eigenvalue weighted by Crippen LogP contribution is 2.51. The number of aliphatic carboxylic acids is 1. The summed E-state index contributed by atoms with van der Waals surface area (Å²) in [6, 6.07) is 5.33. The van der Waals surface area contributed by atoms with Gasteiger partial charge < -0.3 is 10.2 Å². The number of benzene rings is 1. The van der Waals surface area contributed by atoms with Gasteiger partial charge in [0, 0.05) is 5.41 Å². The van der Waals surface area contributed by atoms with Gasteiger partial charge in [0.05, 0.1) is 6.42 Å². The van der Waals surface area contributed by atoms with Gasteiger partial charge in [0.2, 0.25) is 0 Å². The van der Waals surface area contributed by atoms with E-state index in [1.54, 1.807) is 12.1 Å². The summed E-state index contributed by atoms with van der Waals surface area (Å²) in [5.41, 5.74) is 1.72.